The molecule has 6 heteroatoms. The van der Waals surface area contributed by atoms with Gasteiger partial charge in [-0.05, 0) is 61.8 Å². The second kappa shape index (κ2) is 11.5. The Morgan fingerprint density at radius 3 is 2.05 bits per heavy atom. The third-order valence-corrected chi connectivity index (χ3v) is 6.52. The van der Waals surface area contributed by atoms with Gasteiger partial charge < -0.3 is 15.0 Å². The van der Waals surface area contributed by atoms with Gasteiger partial charge in [-0.2, -0.15) is 0 Å². The van der Waals surface area contributed by atoms with Crippen molar-refractivity contribution in [3.63, 3.8) is 0 Å². The van der Waals surface area contributed by atoms with E-state index in [0.29, 0.717) is 12.3 Å². The van der Waals surface area contributed by atoms with E-state index in [-0.39, 0.29) is 16.9 Å². The first kappa shape index (κ1) is 29.8. The number of hydrogen-bond acceptors (Lipinski definition) is 4. The molecular weight excluding hydrogens is 484 g/mol. The molecule has 0 spiro atoms. The van der Waals surface area contributed by atoms with Gasteiger partial charge in [0, 0.05) is 41.0 Å². The summed E-state index contributed by atoms with van der Waals surface area (Å²) in [6.07, 6.45) is 3.73. The molecule has 0 aliphatic carbocycles. The molecule has 3 rings (SSSR count). The Morgan fingerprint density at radius 2 is 1.51 bits per heavy atom. The fourth-order valence-corrected chi connectivity index (χ4v) is 3.88. The molecule has 2 aromatic rings. The summed E-state index contributed by atoms with van der Waals surface area (Å²) in [5, 5.41) is 3.00. The minimum absolute atomic E-state index is 0.132. The Bertz CT molecular complexity index is 1370. The molecule has 0 saturated carbocycles. The zero-order valence-electron chi connectivity index (χ0n) is 25.0. The number of aliphatic imine (C=N–C) groups is 1. The highest BCUT2D eigenvalue weighted by atomic mass is 16.6. The number of carbonyl (C=O) groups excluding carboxylic acids is 1. The standard InChI is InChI=1S/C33H42N4O2/c1-22(31(2,3)4)29-35-21-26(36-29)18-17-24-13-11-23(12-14-24)15-16-25-19-27(34-20-25)28(32(5,6)7)37-30(38)39-33(8,9)10/h11-14,20-22,28H,19H2,1-10H3,(H,35,36)(H,37,38)/t22-,28-/m1/s1. The molecule has 2 atom stereocenters. The highest BCUT2D eigenvalue weighted by Gasteiger charge is 2.33. The van der Waals surface area contributed by atoms with Gasteiger partial charge in [0.25, 0.3) is 0 Å². The van der Waals surface area contributed by atoms with E-state index < -0.39 is 11.7 Å². The molecule has 2 heterocycles. The lowest BCUT2D eigenvalue weighted by molar-refractivity contribution is 0.0491. The number of aromatic nitrogens is 2. The molecule has 1 aromatic carbocycles. The number of benzene rings is 1. The van der Waals surface area contributed by atoms with Gasteiger partial charge in [-0.15, -0.1) is 0 Å². The summed E-state index contributed by atoms with van der Waals surface area (Å²) < 4.78 is 5.47. The van der Waals surface area contributed by atoms with Crippen LogP contribution in [0.5, 0.6) is 0 Å². The molecule has 1 aliphatic heterocycles. The van der Waals surface area contributed by atoms with Crippen molar-refractivity contribution in [1.82, 2.24) is 15.3 Å². The highest BCUT2D eigenvalue weighted by molar-refractivity contribution is 5.97. The number of ether oxygens (including phenoxy) is 1. The van der Waals surface area contributed by atoms with Crippen molar-refractivity contribution in [2.24, 2.45) is 15.8 Å². The molecule has 6 nitrogen and oxygen atoms in total. The van der Waals surface area contributed by atoms with Crippen LogP contribution in [-0.4, -0.2) is 33.4 Å². The molecule has 39 heavy (non-hydrogen) atoms. The van der Waals surface area contributed by atoms with Gasteiger partial charge in [0.1, 0.15) is 17.1 Å². The fraction of sp³-hybridized carbons (Fsp3) is 0.485. The Morgan fingerprint density at radius 1 is 0.923 bits per heavy atom. The number of nitrogens with one attached hydrogen (secondary N) is 2. The van der Waals surface area contributed by atoms with E-state index in [1.807, 2.05) is 45.0 Å². The molecule has 0 saturated heterocycles. The van der Waals surface area contributed by atoms with Crippen LogP contribution in [0.3, 0.4) is 0 Å². The number of nitrogens with zero attached hydrogens (tertiary/aromatic N) is 2. The van der Waals surface area contributed by atoms with E-state index in [4.69, 9.17) is 4.74 Å². The summed E-state index contributed by atoms with van der Waals surface area (Å²) in [4.78, 5) is 24.9. The number of hydrogen-bond donors (Lipinski definition) is 2. The fourth-order valence-electron chi connectivity index (χ4n) is 3.88. The third kappa shape index (κ3) is 8.89. The topological polar surface area (TPSA) is 79.4 Å². The van der Waals surface area contributed by atoms with Crippen LogP contribution in [0.25, 0.3) is 0 Å². The molecule has 1 aliphatic rings. The van der Waals surface area contributed by atoms with E-state index >= 15 is 0 Å². The van der Waals surface area contributed by atoms with Crippen molar-refractivity contribution >= 4 is 11.8 Å². The number of carbonyl (C=O) groups is 1. The van der Waals surface area contributed by atoms with E-state index in [1.165, 1.54) is 0 Å². The lowest BCUT2D eigenvalue weighted by Gasteiger charge is -2.32. The van der Waals surface area contributed by atoms with Crippen LogP contribution >= 0.6 is 0 Å². The second-order valence-corrected chi connectivity index (χ2v) is 13.2. The predicted molar refractivity (Wildman–Crippen MR) is 159 cm³/mol. The Hall–Kier alpha value is -3.77. The molecule has 2 N–H and O–H groups in total. The number of allylic oxidation sites excluding steroid dienone is 1. The van der Waals surface area contributed by atoms with Crippen LogP contribution in [0.15, 0.2) is 47.2 Å². The van der Waals surface area contributed by atoms with Crippen LogP contribution in [0, 0.1) is 34.5 Å². The van der Waals surface area contributed by atoms with E-state index in [0.717, 1.165) is 33.9 Å². The van der Waals surface area contributed by atoms with Crippen molar-refractivity contribution in [1.29, 1.82) is 0 Å². The Labute approximate surface area is 234 Å². The van der Waals surface area contributed by atoms with Crippen molar-refractivity contribution in [2.75, 3.05) is 0 Å². The van der Waals surface area contributed by atoms with Crippen LogP contribution in [0.1, 0.15) is 104 Å². The number of alkyl carbamates (subject to hydrolysis) is 1. The Kier molecular flexibility index (Phi) is 8.81. The number of amides is 1. The molecule has 0 bridgehead atoms. The average Bonchev–Trinajstić information content (AvgIpc) is 3.47. The van der Waals surface area contributed by atoms with Crippen LogP contribution in [0.4, 0.5) is 4.79 Å². The van der Waals surface area contributed by atoms with Gasteiger partial charge in [0.05, 0.1) is 12.2 Å². The summed E-state index contributed by atoms with van der Waals surface area (Å²) in [6, 6.07) is 7.62. The number of imidazole rings is 1. The SMILES string of the molecule is C[C@H](c1ncc(C#Cc2ccc(C#CC3=CN=C([C@@H](NC(=O)OC(C)(C)C)C(C)(C)C)C3)cc2)[nH]1)C(C)(C)C. The predicted octanol–water partition coefficient (Wildman–Crippen LogP) is 6.98. The molecule has 1 amide bonds. The number of aromatic amines is 1. The first-order valence-corrected chi connectivity index (χ1v) is 13.5. The summed E-state index contributed by atoms with van der Waals surface area (Å²) in [5.74, 6) is 14.1. The zero-order valence-corrected chi connectivity index (χ0v) is 25.0. The van der Waals surface area contributed by atoms with Gasteiger partial charge >= 0.3 is 6.09 Å². The van der Waals surface area contributed by atoms with Gasteiger partial charge in [-0.25, -0.2) is 9.78 Å². The minimum Gasteiger partial charge on any atom is -0.444 e. The van der Waals surface area contributed by atoms with E-state index in [2.05, 4.69) is 92.4 Å². The van der Waals surface area contributed by atoms with E-state index in [1.54, 1.807) is 12.4 Å². The third-order valence-electron chi connectivity index (χ3n) is 6.52. The summed E-state index contributed by atoms with van der Waals surface area (Å²) >= 11 is 0. The summed E-state index contributed by atoms with van der Waals surface area (Å²) in [7, 11) is 0. The van der Waals surface area contributed by atoms with E-state index in [9.17, 15) is 4.79 Å². The first-order chi connectivity index (χ1) is 18.0. The normalized spacial score (nSPS) is 15.1. The van der Waals surface area contributed by atoms with Gasteiger partial charge in [-0.1, -0.05) is 66.2 Å². The summed E-state index contributed by atoms with van der Waals surface area (Å²) in [6.45, 7) is 20.6. The Balaban J connectivity index is 1.61. The van der Waals surface area contributed by atoms with Crippen LogP contribution in [0.2, 0.25) is 0 Å². The largest absolute Gasteiger partial charge is 0.444 e. The van der Waals surface area contributed by atoms with Crippen molar-refractivity contribution < 1.29 is 9.53 Å². The molecule has 0 radical (unpaired) electrons. The molecule has 1 aromatic heterocycles. The van der Waals surface area contributed by atoms with Gasteiger partial charge in [0.15, 0.2) is 0 Å². The molecular formula is C33H42N4O2. The lowest BCUT2D eigenvalue weighted by Crippen LogP contribution is -2.50. The van der Waals surface area contributed by atoms with Crippen molar-refractivity contribution in [2.45, 2.75) is 93.2 Å². The van der Waals surface area contributed by atoms with Crippen LogP contribution in [-0.2, 0) is 4.74 Å². The van der Waals surface area contributed by atoms with Gasteiger partial charge in [-0.3, -0.25) is 4.99 Å². The number of H-pyrrole nitrogens is 1. The quantitative estimate of drug-likeness (QED) is 0.424. The maximum absolute atomic E-state index is 12.4. The lowest BCUT2D eigenvalue weighted by atomic mass is 9.82. The van der Waals surface area contributed by atoms with Gasteiger partial charge in [0.2, 0.25) is 0 Å². The monoisotopic (exact) mass is 526 g/mol. The molecule has 0 fully saturated rings. The minimum atomic E-state index is -0.562. The maximum Gasteiger partial charge on any atom is 0.408 e. The molecule has 206 valence electrons. The van der Waals surface area contributed by atoms with Crippen molar-refractivity contribution in [3.05, 3.63) is 64.9 Å². The average molecular weight is 527 g/mol. The van der Waals surface area contributed by atoms with Crippen LogP contribution < -0.4 is 5.32 Å². The maximum atomic E-state index is 12.4. The summed E-state index contributed by atoms with van der Waals surface area (Å²) in [5.41, 5.74) is 3.75. The zero-order chi connectivity index (χ0) is 29.0. The smallest absolute Gasteiger partial charge is 0.408 e. The number of rotatable bonds is 3. The first-order valence-electron chi connectivity index (χ1n) is 13.5. The highest BCUT2D eigenvalue weighted by Crippen LogP contribution is 2.32. The molecule has 0 unspecified atom stereocenters. The second-order valence-electron chi connectivity index (χ2n) is 13.2. The van der Waals surface area contributed by atoms with Crippen molar-refractivity contribution in [3.8, 4) is 23.7 Å².